The number of nitrogens with one attached hydrogen (secondary N) is 1. The quantitative estimate of drug-likeness (QED) is 0.857. The Kier molecular flexibility index (Phi) is 5.25. The number of hydrogen-bond acceptors (Lipinski definition) is 5. The summed E-state index contributed by atoms with van der Waals surface area (Å²) in [5.41, 5.74) is 7.55. The van der Waals surface area contributed by atoms with Crippen molar-refractivity contribution in [1.29, 1.82) is 0 Å². The summed E-state index contributed by atoms with van der Waals surface area (Å²) < 4.78 is 0. The number of amides is 1. The normalized spacial score (nSPS) is 18.2. The fraction of sp³-hybridized carbons (Fsp3) is 0.476. The van der Waals surface area contributed by atoms with Crippen LogP contribution in [0.15, 0.2) is 24.5 Å². The van der Waals surface area contributed by atoms with E-state index in [9.17, 15) is 4.79 Å². The Morgan fingerprint density at radius 1 is 1.18 bits per heavy atom. The minimum absolute atomic E-state index is 0. The number of halogens is 1. The zero-order valence-electron chi connectivity index (χ0n) is 16.1. The van der Waals surface area contributed by atoms with Crippen LogP contribution in [-0.2, 0) is 30.8 Å². The molecule has 2 aromatic rings. The molecular formula is C21H26ClN5O. The van der Waals surface area contributed by atoms with Gasteiger partial charge in [0.15, 0.2) is 0 Å². The highest BCUT2D eigenvalue weighted by atomic mass is 35.5. The molecule has 0 aromatic carbocycles. The molecule has 148 valence electrons. The van der Waals surface area contributed by atoms with E-state index < -0.39 is 0 Å². The lowest BCUT2D eigenvalue weighted by molar-refractivity contribution is -0.133. The maximum atomic E-state index is 12.9. The Labute approximate surface area is 171 Å². The Hall–Kier alpha value is -2.18. The van der Waals surface area contributed by atoms with Gasteiger partial charge in [0.1, 0.15) is 0 Å². The topological polar surface area (TPSA) is 61.4 Å². The van der Waals surface area contributed by atoms with Gasteiger partial charge in [-0.3, -0.25) is 14.8 Å². The first-order valence-electron chi connectivity index (χ1n) is 9.82. The van der Waals surface area contributed by atoms with Gasteiger partial charge in [0, 0.05) is 62.3 Å². The molecule has 1 fully saturated rings. The van der Waals surface area contributed by atoms with Gasteiger partial charge in [0.2, 0.25) is 5.91 Å². The van der Waals surface area contributed by atoms with Crippen molar-refractivity contribution in [3.05, 3.63) is 52.6 Å². The van der Waals surface area contributed by atoms with Gasteiger partial charge < -0.3 is 15.1 Å². The Balaban J connectivity index is 0.00000192. The summed E-state index contributed by atoms with van der Waals surface area (Å²) in [5, 5.41) is 3.44. The molecule has 6 nitrogen and oxygen atoms in total. The molecule has 3 aliphatic heterocycles. The van der Waals surface area contributed by atoms with Gasteiger partial charge >= 0.3 is 0 Å². The minimum atomic E-state index is 0. The van der Waals surface area contributed by atoms with Crippen molar-refractivity contribution >= 4 is 24.0 Å². The van der Waals surface area contributed by atoms with Crippen LogP contribution >= 0.6 is 12.4 Å². The number of pyridine rings is 2. The average Bonchev–Trinajstić information content (AvgIpc) is 3.09. The lowest BCUT2D eigenvalue weighted by Crippen LogP contribution is -2.48. The maximum absolute atomic E-state index is 12.9. The predicted molar refractivity (Wildman–Crippen MR) is 110 cm³/mol. The van der Waals surface area contributed by atoms with Crippen LogP contribution in [-0.4, -0.2) is 40.4 Å². The van der Waals surface area contributed by atoms with Crippen LogP contribution in [0.1, 0.15) is 34.5 Å². The number of carbonyl (C=O) groups is 1. The first-order chi connectivity index (χ1) is 13.2. The number of anilines is 1. The zero-order chi connectivity index (χ0) is 18.4. The molecule has 28 heavy (non-hydrogen) atoms. The second kappa shape index (κ2) is 7.68. The van der Waals surface area contributed by atoms with Crippen molar-refractivity contribution in [1.82, 2.24) is 20.2 Å². The fourth-order valence-corrected chi connectivity index (χ4v) is 4.64. The van der Waals surface area contributed by atoms with Gasteiger partial charge in [-0.15, -0.1) is 12.4 Å². The predicted octanol–water partition coefficient (Wildman–Crippen LogP) is 2.22. The summed E-state index contributed by atoms with van der Waals surface area (Å²) in [6.45, 7) is 7.34. The van der Waals surface area contributed by atoms with E-state index in [4.69, 9.17) is 4.98 Å². The Bertz CT molecular complexity index is 882. The number of aromatic nitrogens is 2. The van der Waals surface area contributed by atoms with Crippen molar-refractivity contribution in [2.75, 3.05) is 24.5 Å². The molecule has 5 heterocycles. The number of rotatable bonds is 3. The number of fused-ring (bicyclic) bond motifs is 3. The monoisotopic (exact) mass is 399 g/mol. The number of carbonyl (C=O) groups excluding carboxylic acids is 1. The smallest absolute Gasteiger partial charge is 0.223 e. The standard InChI is InChI=1S/C21H25N5O.ClH/c1-14-18-9-23-7-4-17(18)19-12-26(13-20(19)24-14)21(27)8-15-10-25(11-15)16-2-5-22-6-3-16;/h2-3,5-6,15,23H,4,7-13H2,1H3;1H. The van der Waals surface area contributed by atoms with Crippen molar-refractivity contribution in [3.8, 4) is 0 Å². The SMILES string of the molecule is Cc1nc2c(c3c1CNCC3)CN(C(=O)CC1CN(c3ccncc3)C1)C2.Cl. The molecule has 0 unspecified atom stereocenters. The lowest BCUT2D eigenvalue weighted by Gasteiger charge is -2.41. The van der Waals surface area contributed by atoms with E-state index in [0.29, 0.717) is 18.9 Å². The largest absolute Gasteiger partial charge is 0.371 e. The van der Waals surface area contributed by atoms with E-state index in [2.05, 4.69) is 22.1 Å². The molecule has 1 N–H and O–H groups in total. The molecule has 0 spiro atoms. The molecule has 1 saturated heterocycles. The molecule has 3 aliphatic rings. The Morgan fingerprint density at radius 2 is 1.96 bits per heavy atom. The summed E-state index contributed by atoms with van der Waals surface area (Å²) in [5.74, 6) is 0.718. The first-order valence-corrected chi connectivity index (χ1v) is 9.82. The summed E-state index contributed by atoms with van der Waals surface area (Å²) in [7, 11) is 0. The second-order valence-electron chi connectivity index (χ2n) is 7.94. The van der Waals surface area contributed by atoms with Crippen molar-refractivity contribution < 1.29 is 4.79 Å². The zero-order valence-corrected chi connectivity index (χ0v) is 17.0. The van der Waals surface area contributed by atoms with Crippen LogP contribution in [0.4, 0.5) is 5.69 Å². The van der Waals surface area contributed by atoms with Gasteiger partial charge in [0.05, 0.1) is 12.2 Å². The number of aryl methyl sites for hydroxylation is 1. The van der Waals surface area contributed by atoms with E-state index in [0.717, 1.165) is 50.5 Å². The third kappa shape index (κ3) is 3.35. The van der Waals surface area contributed by atoms with Crippen molar-refractivity contribution in [2.24, 2.45) is 5.92 Å². The number of hydrogen-bond donors (Lipinski definition) is 1. The lowest BCUT2D eigenvalue weighted by atomic mass is 9.94. The fourth-order valence-electron chi connectivity index (χ4n) is 4.64. The third-order valence-electron chi connectivity index (χ3n) is 6.16. The van der Waals surface area contributed by atoms with Gasteiger partial charge in [0.25, 0.3) is 0 Å². The summed E-state index contributed by atoms with van der Waals surface area (Å²) in [4.78, 5) is 26.1. The molecular weight excluding hydrogens is 374 g/mol. The van der Waals surface area contributed by atoms with E-state index in [1.54, 1.807) is 0 Å². The van der Waals surface area contributed by atoms with Crippen LogP contribution in [0.25, 0.3) is 0 Å². The van der Waals surface area contributed by atoms with E-state index in [1.807, 2.05) is 29.4 Å². The summed E-state index contributed by atoms with van der Waals surface area (Å²) >= 11 is 0. The van der Waals surface area contributed by atoms with Crippen molar-refractivity contribution in [3.63, 3.8) is 0 Å². The van der Waals surface area contributed by atoms with Crippen LogP contribution in [0.5, 0.6) is 0 Å². The highest BCUT2D eigenvalue weighted by Gasteiger charge is 2.34. The molecule has 7 heteroatoms. The molecule has 0 bridgehead atoms. The molecule has 5 rings (SSSR count). The van der Waals surface area contributed by atoms with Crippen molar-refractivity contribution in [2.45, 2.75) is 39.4 Å². The van der Waals surface area contributed by atoms with Gasteiger partial charge in [-0.25, -0.2) is 0 Å². The maximum Gasteiger partial charge on any atom is 0.223 e. The Morgan fingerprint density at radius 3 is 2.75 bits per heavy atom. The molecule has 0 saturated carbocycles. The second-order valence-corrected chi connectivity index (χ2v) is 7.94. The van der Waals surface area contributed by atoms with Gasteiger partial charge in [-0.1, -0.05) is 0 Å². The number of nitrogens with zero attached hydrogens (tertiary/aromatic N) is 4. The van der Waals surface area contributed by atoms with E-state index in [-0.39, 0.29) is 18.3 Å². The molecule has 0 aliphatic carbocycles. The van der Waals surface area contributed by atoms with Crippen LogP contribution in [0, 0.1) is 12.8 Å². The highest BCUT2D eigenvalue weighted by molar-refractivity contribution is 5.85. The third-order valence-corrected chi connectivity index (χ3v) is 6.16. The van der Waals surface area contributed by atoms with Crippen LogP contribution < -0.4 is 10.2 Å². The minimum Gasteiger partial charge on any atom is -0.371 e. The average molecular weight is 400 g/mol. The molecule has 2 aromatic heterocycles. The van der Waals surface area contributed by atoms with Crippen LogP contribution in [0.3, 0.4) is 0 Å². The summed E-state index contributed by atoms with van der Waals surface area (Å²) in [6, 6.07) is 4.06. The molecule has 0 atom stereocenters. The van der Waals surface area contributed by atoms with E-state index in [1.165, 1.54) is 22.4 Å². The van der Waals surface area contributed by atoms with Gasteiger partial charge in [-0.2, -0.15) is 0 Å². The molecule has 0 radical (unpaired) electrons. The van der Waals surface area contributed by atoms with Crippen LogP contribution in [0.2, 0.25) is 0 Å². The van der Waals surface area contributed by atoms with E-state index >= 15 is 0 Å². The van der Waals surface area contributed by atoms with Gasteiger partial charge in [-0.05, 0) is 48.7 Å². The molecule has 1 amide bonds. The summed E-state index contributed by atoms with van der Waals surface area (Å²) in [6.07, 6.45) is 5.33. The first kappa shape index (κ1) is 19.2. The highest BCUT2D eigenvalue weighted by Crippen LogP contribution is 2.32.